The van der Waals surface area contributed by atoms with Gasteiger partial charge in [-0.3, -0.25) is 4.79 Å². The summed E-state index contributed by atoms with van der Waals surface area (Å²) < 4.78 is 0. The minimum atomic E-state index is -0.303. The van der Waals surface area contributed by atoms with Crippen molar-refractivity contribution in [2.75, 3.05) is 6.61 Å². The lowest BCUT2D eigenvalue weighted by Crippen LogP contribution is -2.14. The molecule has 0 aliphatic rings. The van der Waals surface area contributed by atoms with E-state index < -0.39 is 0 Å². The van der Waals surface area contributed by atoms with Crippen molar-refractivity contribution in [2.24, 2.45) is 5.92 Å². The van der Waals surface area contributed by atoms with E-state index in [-0.39, 0.29) is 18.3 Å². The third-order valence-corrected chi connectivity index (χ3v) is 2.06. The fraction of sp³-hybridized carbons (Fsp3) is 0.364. The highest BCUT2D eigenvalue weighted by Crippen LogP contribution is 2.09. The lowest BCUT2D eigenvalue weighted by atomic mass is 9.99. The van der Waals surface area contributed by atoms with Gasteiger partial charge in [-0.2, -0.15) is 0 Å². The fourth-order valence-electron chi connectivity index (χ4n) is 1.09. The molecular weight excluding hydrogens is 164 g/mol. The number of hydrogen-bond acceptors (Lipinski definition) is 2. The average molecular weight is 178 g/mol. The van der Waals surface area contributed by atoms with E-state index in [2.05, 4.69) is 0 Å². The van der Waals surface area contributed by atoms with Crippen LogP contribution in [0.4, 0.5) is 0 Å². The van der Waals surface area contributed by atoms with E-state index in [1.54, 1.807) is 19.1 Å². The molecule has 2 heteroatoms. The number of rotatable bonds is 3. The van der Waals surface area contributed by atoms with E-state index >= 15 is 0 Å². The Balaban J connectivity index is 2.83. The summed E-state index contributed by atoms with van der Waals surface area (Å²) in [6, 6.07) is 7.39. The molecule has 0 saturated heterocycles. The van der Waals surface area contributed by atoms with E-state index in [0.29, 0.717) is 5.56 Å². The van der Waals surface area contributed by atoms with Gasteiger partial charge in [-0.05, 0) is 6.92 Å². The molecule has 0 aliphatic heterocycles. The predicted octanol–water partition coefficient (Wildman–Crippen LogP) is 1.81. The van der Waals surface area contributed by atoms with E-state index in [9.17, 15) is 4.79 Å². The molecule has 0 spiro atoms. The van der Waals surface area contributed by atoms with Gasteiger partial charge in [0.25, 0.3) is 0 Å². The maximum absolute atomic E-state index is 11.5. The molecule has 0 radical (unpaired) electrons. The summed E-state index contributed by atoms with van der Waals surface area (Å²) in [7, 11) is 0. The second-order valence-electron chi connectivity index (χ2n) is 3.31. The lowest BCUT2D eigenvalue weighted by molar-refractivity contribution is 0.0877. The fourth-order valence-corrected chi connectivity index (χ4v) is 1.09. The number of Topliss-reactive ketones (excluding diaryl/α,β-unsaturated/α-hetero) is 1. The van der Waals surface area contributed by atoms with Crippen molar-refractivity contribution in [3.05, 3.63) is 35.4 Å². The number of aryl methyl sites for hydroxylation is 1. The Labute approximate surface area is 78.2 Å². The maximum atomic E-state index is 11.5. The van der Waals surface area contributed by atoms with Gasteiger partial charge < -0.3 is 5.11 Å². The molecule has 1 rings (SSSR count). The quantitative estimate of drug-likeness (QED) is 0.717. The molecule has 1 unspecified atom stereocenters. The van der Waals surface area contributed by atoms with Crippen molar-refractivity contribution in [1.82, 2.24) is 0 Å². The minimum Gasteiger partial charge on any atom is -0.396 e. The van der Waals surface area contributed by atoms with Gasteiger partial charge in [0, 0.05) is 11.5 Å². The van der Waals surface area contributed by atoms with Crippen LogP contribution in [-0.4, -0.2) is 17.5 Å². The van der Waals surface area contributed by atoms with Gasteiger partial charge in [-0.15, -0.1) is 0 Å². The predicted molar refractivity (Wildman–Crippen MR) is 51.8 cm³/mol. The van der Waals surface area contributed by atoms with Crippen LogP contribution in [-0.2, 0) is 0 Å². The Morgan fingerprint density at radius 2 is 1.92 bits per heavy atom. The Bertz CT molecular complexity index is 287. The zero-order valence-electron chi connectivity index (χ0n) is 7.95. The van der Waals surface area contributed by atoms with Crippen LogP contribution in [0.3, 0.4) is 0 Å². The summed E-state index contributed by atoms with van der Waals surface area (Å²) in [5, 5.41) is 8.80. The van der Waals surface area contributed by atoms with Crippen LogP contribution >= 0.6 is 0 Å². The van der Waals surface area contributed by atoms with Crippen molar-refractivity contribution >= 4 is 5.78 Å². The first-order valence-electron chi connectivity index (χ1n) is 4.37. The third kappa shape index (κ3) is 2.39. The second-order valence-corrected chi connectivity index (χ2v) is 3.31. The monoisotopic (exact) mass is 178 g/mol. The van der Waals surface area contributed by atoms with E-state index in [1.807, 2.05) is 19.1 Å². The van der Waals surface area contributed by atoms with Crippen LogP contribution in [0.15, 0.2) is 24.3 Å². The number of aliphatic hydroxyl groups excluding tert-OH is 1. The van der Waals surface area contributed by atoms with Crippen molar-refractivity contribution in [2.45, 2.75) is 13.8 Å². The van der Waals surface area contributed by atoms with Gasteiger partial charge in [-0.25, -0.2) is 0 Å². The molecule has 1 atom stereocenters. The first kappa shape index (κ1) is 9.93. The number of carbonyl (C=O) groups excluding carboxylic acids is 1. The Morgan fingerprint density at radius 1 is 1.38 bits per heavy atom. The first-order chi connectivity index (χ1) is 6.15. The van der Waals surface area contributed by atoms with Gasteiger partial charge in [-0.1, -0.05) is 36.8 Å². The highest BCUT2D eigenvalue weighted by molar-refractivity contribution is 5.97. The average Bonchev–Trinajstić information content (AvgIpc) is 2.17. The van der Waals surface area contributed by atoms with E-state index in [4.69, 9.17) is 5.11 Å². The molecule has 0 heterocycles. The van der Waals surface area contributed by atoms with Crippen molar-refractivity contribution in [3.63, 3.8) is 0 Å². The molecule has 13 heavy (non-hydrogen) atoms. The van der Waals surface area contributed by atoms with E-state index in [1.165, 1.54) is 0 Å². The van der Waals surface area contributed by atoms with Gasteiger partial charge in [0.05, 0.1) is 6.61 Å². The molecule has 1 aromatic rings. The smallest absolute Gasteiger partial charge is 0.167 e. The van der Waals surface area contributed by atoms with Crippen LogP contribution in [0.2, 0.25) is 0 Å². The summed E-state index contributed by atoms with van der Waals surface area (Å²) in [6.45, 7) is 3.61. The molecule has 70 valence electrons. The van der Waals surface area contributed by atoms with Crippen molar-refractivity contribution < 1.29 is 9.90 Å². The molecule has 0 fully saturated rings. The molecule has 0 aliphatic carbocycles. The summed E-state index contributed by atoms with van der Waals surface area (Å²) in [4.78, 5) is 11.5. The van der Waals surface area contributed by atoms with Crippen LogP contribution in [0.25, 0.3) is 0 Å². The second kappa shape index (κ2) is 4.19. The zero-order valence-corrected chi connectivity index (χ0v) is 7.95. The molecule has 2 nitrogen and oxygen atoms in total. The Morgan fingerprint density at radius 3 is 2.38 bits per heavy atom. The standard InChI is InChI=1S/C11H14O2/c1-8-3-5-10(6-4-8)11(13)9(2)7-12/h3-6,9,12H,7H2,1-2H3. The van der Waals surface area contributed by atoms with Crippen molar-refractivity contribution in [3.8, 4) is 0 Å². The number of hydrogen-bond donors (Lipinski definition) is 1. The molecular formula is C11H14O2. The summed E-state index contributed by atoms with van der Waals surface area (Å²) >= 11 is 0. The van der Waals surface area contributed by atoms with Crippen LogP contribution in [0.1, 0.15) is 22.8 Å². The highest BCUT2D eigenvalue weighted by atomic mass is 16.3. The van der Waals surface area contributed by atoms with Gasteiger partial charge in [0.2, 0.25) is 0 Å². The van der Waals surface area contributed by atoms with Crippen LogP contribution < -0.4 is 0 Å². The molecule has 0 amide bonds. The van der Waals surface area contributed by atoms with Gasteiger partial charge in [0.1, 0.15) is 0 Å². The number of benzene rings is 1. The summed E-state index contributed by atoms with van der Waals surface area (Å²) in [5.41, 5.74) is 1.81. The van der Waals surface area contributed by atoms with E-state index in [0.717, 1.165) is 5.56 Å². The third-order valence-electron chi connectivity index (χ3n) is 2.06. The summed E-state index contributed by atoms with van der Waals surface area (Å²) in [5.74, 6) is -0.301. The number of aliphatic hydroxyl groups is 1. The molecule has 0 bridgehead atoms. The Hall–Kier alpha value is -1.15. The SMILES string of the molecule is Cc1ccc(C(=O)C(C)CO)cc1. The number of carbonyl (C=O) groups is 1. The first-order valence-corrected chi connectivity index (χ1v) is 4.37. The van der Waals surface area contributed by atoms with Crippen molar-refractivity contribution in [1.29, 1.82) is 0 Å². The van der Waals surface area contributed by atoms with Gasteiger partial charge >= 0.3 is 0 Å². The maximum Gasteiger partial charge on any atom is 0.167 e. The largest absolute Gasteiger partial charge is 0.396 e. The zero-order chi connectivity index (χ0) is 9.84. The minimum absolute atomic E-state index is 0.00231. The van der Waals surface area contributed by atoms with Crippen LogP contribution in [0.5, 0.6) is 0 Å². The normalized spacial score (nSPS) is 12.5. The lowest BCUT2D eigenvalue weighted by Gasteiger charge is -2.06. The highest BCUT2D eigenvalue weighted by Gasteiger charge is 2.13. The topological polar surface area (TPSA) is 37.3 Å². The summed E-state index contributed by atoms with van der Waals surface area (Å²) in [6.07, 6.45) is 0. The molecule has 0 saturated carbocycles. The molecule has 1 N–H and O–H groups in total. The number of ketones is 1. The van der Waals surface area contributed by atoms with Gasteiger partial charge in [0.15, 0.2) is 5.78 Å². The Kier molecular flexibility index (Phi) is 3.20. The van der Waals surface area contributed by atoms with Crippen LogP contribution in [0, 0.1) is 12.8 Å². The molecule has 1 aromatic carbocycles. The molecule has 0 aromatic heterocycles.